The Balaban J connectivity index is 1.82. The number of hydrogen-bond acceptors (Lipinski definition) is 2. The molecule has 0 heterocycles. The van der Waals surface area contributed by atoms with Crippen LogP contribution in [0.15, 0.2) is 54.6 Å². The average molecular weight is 397 g/mol. The minimum atomic E-state index is 0.155. The summed E-state index contributed by atoms with van der Waals surface area (Å²) in [6.45, 7) is 17.1. The summed E-state index contributed by atoms with van der Waals surface area (Å²) in [5, 5.41) is 0. The first-order valence-electron chi connectivity index (χ1n) is 11.0. The van der Waals surface area contributed by atoms with Crippen molar-refractivity contribution in [3.63, 3.8) is 0 Å². The second-order valence-electron chi connectivity index (χ2n) is 10.3. The van der Waals surface area contributed by atoms with Gasteiger partial charge in [-0.2, -0.15) is 0 Å². The molecule has 0 amide bonds. The molecule has 2 heteroatoms. The lowest BCUT2D eigenvalue weighted by molar-refractivity contribution is 0.00765. The third kappa shape index (κ3) is 8.22. The van der Waals surface area contributed by atoms with Gasteiger partial charge in [-0.25, -0.2) is 0 Å². The summed E-state index contributed by atoms with van der Waals surface area (Å²) in [5.41, 5.74) is 3.14. The first-order valence-corrected chi connectivity index (χ1v) is 11.0. The van der Waals surface area contributed by atoms with Crippen LogP contribution in [0.1, 0.15) is 66.0 Å². The Morgan fingerprint density at radius 1 is 0.793 bits per heavy atom. The molecular weight excluding hydrogens is 356 g/mol. The van der Waals surface area contributed by atoms with Gasteiger partial charge in [0.25, 0.3) is 0 Å². The van der Waals surface area contributed by atoms with Gasteiger partial charge in [0.05, 0.1) is 12.7 Å². The third-order valence-electron chi connectivity index (χ3n) is 5.32. The van der Waals surface area contributed by atoms with Gasteiger partial charge in [0.15, 0.2) is 0 Å². The molecule has 0 N–H and O–H groups in total. The van der Waals surface area contributed by atoms with Gasteiger partial charge in [-0.05, 0) is 52.8 Å². The van der Waals surface area contributed by atoms with Gasteiger partial charge >= 0.3 is 0 Å². The number of rotatable bonds is 10. The molecule has 0 aromatic heterocycles. The standard InChI is InChI=1S/C27H40O2/c1-21(2)25(19-22-11-9-8-10-12-22)29-18-17-28-24-15-13-23(14-16-24)27(6,7)20-26(3,4)5/h8-16,21,25H,17-20H2,1-7H3. The predicted octanol–water partition coefficient (Wildman–Crippen LogP) is 7.06. The Bertz CT molecular complexity index is 708. The fraction of sp³-hybridized carbons (Fsp3) is 0.556. The molecule has 0 spiro atoms. The van der Waals surface area contributed by atoms with Crippen molar-refractivity contribution in [3.8, 4) is 5.75 Å². The zero-order valence-corrected chi connectivity index (χ0v) is 19.5. The van der Waals surface area contributed by atoms with Crippen LogP contribution in [0.25, 0.3) is 0 Å². The number of ether oxygens (including phenoxy) is 2. The minimum absolute atomic E-state index is 0.155. The topological polar surface area (TPSA) is 18.5 Å². The summed E-state index contributed by atoms with van der Waals surface area (Å²) in [4.78, 5) is 0. The van der Waals surface area contributed by atoms with Crippen LogP contribution >= 0.6 is 0 Å². The first kappa shape index (κ1) is 23.5. The van der Waals surface area contributed by atoms with Crippen molar-refractivity contribution in [1.29, 1.82) is 0 Å². The van der Waals surface area contributed by atoms with Crippen molar-refractivity contribution in [3.05, 3.63) is 65.7 Å². The van der Waals surface area contributed by atoms with Crippen LogP contribution in [0, 0.1) is 11.3 Å². The maximum atomic E-state index is 6.14. The highest BCUT2D eigenvalue weighted by Crippen LogP contribution is 2.36. The Kier molecular flexibility index (Phi) is 8.34. The number of benzene rings is 2. The molecular formula is C27H40O2. The monoisotopic (exact) mass is 396 g/mol. The van der Waals surface area contributed by atoms with E-state index in [-0.39, 0.29) is 11.5 Å². The van der Waals surface area contributed by atoms with E-state index in [1.165, 1.54) is 11.1 Å². The lowest BCUT2D eigenvalue weighted by atomic mass is 9.72. The van der Waals surface area contributed by atoms with Gasteiger partial charge in [-0.15, -0.1) is 0 Å². The lowest BCUT2D eigenvalue weighted by Crippen LogP contribution is -2.25. The third-order valence-corrected chi connectivity index (χ3v) is 5.32. The second kappa shape index (κ2) is 10.3. The molecule has 1 atom stereocenters. The van der Waals surface area contributed by atoms with Crippen LogP contribution in [0.5, 0.6) is 5.75 Å². The summed E-state index contributed by atoms with van der Waals surface area (Å²) < 4.78 is 12.1. The first-order chi connectivity index (χ1) is 13.6. The Labute approximate surface area is 178 Å². The predicted molar refractivity (Wildman–Crippen MR) is 124 cm³/mol. The summed E-state index contributed by atoms with van der Waals surface area (Å²) in [5.74, 6) is 1.38. The molecule has 0 bridgehead atoms. The lowest BCUT2D eigenvalue weighted by Gasteiger charge is -2.33. The molecule has 2 aromatic rings. The van der Waals surface area contributed by atoms with E-state index in [9.17, 15) is 0 Å². The molecule has 2 nitrogen and oxygen atoms in total. The molecule has 160 valence electrons. The van der Waals surface area contributed by atoms with E-state index in [2.05, 4.69) is 103 Å². The Hall–Kier alpha value is -1.80. The van der Waals surface area contributed by atoms with Crippen molar-refractivity contribution >= 4 is 0 Å². The quantitative estimate of drug-likeness (QED) is 0.400. The van der Waals surface area contributed by atoms with Crippen molar-refractivity contribution in [2.75, 3.05) is 13.2 Å². The van der Waals surface area contributed by atoms with Crippen molar-refractivity contribution in [2.24, 2.45) is 11.3 Å². The van der Waals surface area contributed by atoms with Crippen LogP contribution < -0.4 is 4.74 Å². The maximum absolute atomic E-state index is 6.14. The highest BCUT2D eigenvalue weighted by molar-refractivity contribution is 5.31. The molecule has 2 rings (SSSR count). The largest absolute Gasteiger partial charge is 0.491 e. The highest BCUT2D eigenvalue weighted by atomic mass is 16.5. The molecule has 0 radical (unpaired) electrons. The fourth-order valence-electron chi connectivity index (χ4n) is 4.12. The minimum Gasteiger partial charge on any atom is -0.491 e. The van der Waals surface area contributed by atoms with Crippen molar-refractivity contribution < 1.29 is 9.47 Å². The van der Waals surface area contributed by atoms with Gasteiger partial charge in [-0.1, -0.05) is 90.9 Å². The molecule has 0 fully saturated rings. The van der Waals surface area contributed by atoms with E-state index in [1.807, 2.05) is 0 Å². The van der Waals surface area contributed by atoms with E-state index >= 15 is 0 Å². The molecule has 0 aliphatic heterocycles. The zero-order chi connectivity index (χ0) is 21.5. The normalized spacial score (nSPS) is 13.5. The van der Waals surface area contributed by atoms with Crippen molar-refractivity contribution in [2.45, 2.75) is 72.8 Å². The summed E-state index contributed by atoms with van der Waals surface area (Å²) >= 11 is 0. The summed E-state index contributed by atoms with van der Waals surface area (Å²) in [6.07, 6.45) is 2.30. The Morgan fingerprint density at radius 2 is 1.41 bits per heavy atom. The molecule has 0 aliphatic rings. The molecule has 0 aliphatic carbocycles. The van der Waals surface area contributed by atoms with Crippen LogP contribution in [0.4, 0.5) is 0 Å². The maximum Gasteiger partial charge on any atom is 0.119 e. The van der Waals surface area contributed by atoms with E-state index in [0.29, 0.717) is 24.5 Å². The molecule has 1 unspecified atom stereocenters. The zero-order valence-electron chi connectivity index (χ0n) is 19.5. The second-order valence-corrected chi connectivity index (χ2v) is 10.3. The number of hydrogen-bond donors (Lipinski definition) is 0. The van der Waals surface area contributed by atoms with E-state index < -0.39 is 0 Å². The van der Waals surface area contributed by atoms with Gasteiger partial charge in [0.1, 0.15) is 12.4 Å². The van der Waals surface area contributed by atoms with E-state index in [1.54, 1.807) is 0 Å². The van der Waals surface area contributed by atoms with Gasteiger partial charge in [-0.3, -0.25) is 0 Å². The summed E-state index contributed by atoms with van der Waals surface area (Å²) in [7, 11) is 0. The molecule has 0 saturated heterocycles. The Morgan fingerprint density at radius 3 is 1.97 bits per heavy atom. The molecule has 2 aromatic carbocycles. The van der Waals surface area contributed by atoms with Crippen molar-refractivity contribution in [1.82, 2.24) is 0 Å². The van der Waals surface area contributed by atoms with Crippen LogP contribution in [-0.4, -0.2) is 19.3 Å². The van der Waals surface area contributed by atoms with E-state index in [4.69, 9.17) is 9.47 Å². The SMILES string of the molecule is CC(C)C(Cc1ccccc1)OCCOc1ccc(C(C)(C)CC(C)(C)C)cc1. The van der Waals surface area contributed by atoms with Gasteiger partial charge in [0.2, 0.25) is 0 Å². The van der Waals surface area contributed by atoms with Crippen LogP contribution in [0.3, 0.4) is 0 Å². The van der Waals surface area contributed by atoms with Gasteiger partial charge < -0.3 is 9.47 Å². The fourth-order valence-corrected chi connectivity index (χ4v) is 4.12. The van der Waals surface area contributed by atoms with Crippen LogP contribution in [0.2, 0.25) is 0 Å². The summed E-state index contributed by atoms with van der Waals surface area (Å²) in [6, 6.07) is 19.1. The average Bonchev–Trinajstić information content (AvgIpc) is 2.63. The van der Waals surface area contributed by atoms with Crippen LogP contribution in [-0.2, 0) is 16.6 Å². The van der Waals surface area contributed by atoms with Gasteiger partial charge in [0, 0.05) is 0 Å². The highest BCUT2D eigenvalue weighted by Gasteiger charge is 2.27. The van der Waals surface area contributed by atoms with E-state index in [0.717, 1.165) is 18.6 Å². The molecule has 0 saturated carbocycles. The smallest absolute Gasteiger partial charge is 0.119 e. The molecule has 29 heavy (non-hydrogen) atoms.